The third-order valence-electron chi connectivity index (χ3n) is 7.19. The second-order valence-corrected chi connectivity index (χ2v) is 9.56. The first-order chi connectivity index (χ1) is 16.6. The van der Waals surface area contributed by atoms with Crippen molar-refractivity contribution in [3.8, 4) is 5.75 Å². The molecule has 2 heterocycles. The maximum Gasteiger partial charge on any atom is 0.326 e. The first kappa shape index (κ1) is 26.5. The smallest absolute Gasteiger partial charge is 0.326 e. The first-order valence-electron chi connectivity index (χ1n) is 12.3. The van der Waals surface area contributed by atoms with Gasteiger partial charge in [0.05, 0.1) is 6.04 Å². The van der Waals surface area contributed by atoms with Crippen LogP contribution in [0.5, 0.6) is 5.75 Å². The molecule has 0 radical (unpaired) electrons. The Balaban J connectivity index is 1.68. The van der Waals surface area contributed by atoms with E-state index in [1.54, 1.807) is 17.0 Å². The highest BCUT2D eigenvalue weighted by atomic mass is 16.4. The molecule has 3 amide bonds. The van der Waals surface area contributed by atoms with Gasteiger partial charge < -0.3 is 31.1 Å². The molecular formula is C25H36N4O6. The van der Waals surface area contributed by atoms with E-state index in [1.165, 1.54) is 17.0 Å². The van der Waals surface area contributed by atoms with E-state index in [-0.39, 0.29) is 29.9 Å². The number of rotatable bonds is 9. The van der Waals surface area contributed by atoms with Gasteiger partial charge in [-0.25, -0.2) is 4.79 Å². The number of nitrogens with one attached hydrogen (secondary N) is 1. The summed E-state index contributed by atoms with van der Waals surface area (Å²) in [5, 5.41) is 21.6. The summed E-state index contributed by atoms with van der Waals surface area (Å²) in [5.74, 6) is -2.17. The van der Waals surface area contributed by atoms with E-state index in [1.807, 2.05) is 13.8 Å². The molecule has 35 heavy (non-hydrogen) atoms. The largest absolute Gasteiger partial charge is 0.508 e. The molecule has 2 aliphatic rings. The third-order valence-corrected chi connectivity index (χ3v) is 7.19. The molecule has 2 saturated heterocycles. The molecule has 2 fully saturated rings. The number of hydrogen-bond acceptors (Lipinski definition) is 6. The standard InChI is InChI=1S/C25H36N4O6/c1-3-15(2)21(26)24(33)29-13-5-7-20(29)23(32)28-12-4-6-19(28)22(31)27-18(25(34)35)14-16-8-10-17(30)11-9-16/h8-11,15,18-21,30H,3-7,12-14,26H2,1-2H3,(H,27,31)(H,34,35). The zero-order chi connectivity index (χ0) is 25.7. The Bertz CT molecular complexity index is 936. The van der Waals surface area contributed by atoms with Crippen LogP contribution in [-0.2, 0) is 25.6 Å². The number of phenolic OH excluding ortho intramolecular Hbond substituents is 1. The predicted molar refractivity (Wildman–Crippen MR) is 128 cm³/mol. The van der Waals surface area contributed by atoms with Gasteiger partial charge in [-0.1, -0.05) is 32.4 Å². The lowest BCUT2D eigenvalue weighted by atomic mass is 9.98. The van der Waals surface area contributed by atoms with Crippen molar-refractivity contribution in [3.05, 3.63) is 29.8 Å². The van der Waals surface area contributed by atoms with Gasteiger partial charge in [-0.15, -0.1) is 0 Å². The number of carboxylic acid groups (broad SMARTS) is 1. The monoisotopic (exact) mass is 488 g/mol. The van der Waals surface area contributed by atoms with E-state index in [0.717, 1.165) is 6.42 Å². The van der Waals surface area contributed by atoms with E-state index >= 15 is 0 Å². The number of amides is 3. The maximum atomic E-state index is 13.5. The fraction of sp³-hybridized carbons (Fsp3) is 0.600. The molecular weight excluding hydrogens is 452 g/mol. The number of aromatic hydroxyl groups is 1. The van der Waals surface area contributed by atoms with Crippen LogP contribution in [0.2, 0.25) is 0 Å². The minimum Gasteiger partial charge on any atom is -0.508 e. The van der Waals surface area contributed by atoms with Crippen LogP contribution < -0.4 is 11.1 Å². The lowest BCUT2D eigenvalue weighted by molar-refractivity contribution is -0.148. The number of carbonyl (C=O) groups excluding carboxylic acids is 3. The first-order valence-corrected chi connectivity index (χ1v) is 12.3. The van der Waals surface area contributed by atoms with Gasteiger partial charge in [-0.3, -0.25) is 14.4 Å². The minimum absolute atomic E-state index is 0.00861. The Morgan fingerprint density at radius 1 is 1.06 bits per heavy atom. The summed E-state index contributed by atoms with van der Waals surface area (Å²) in [5.41, 5.74) is 6.79. The molecule has 0 aliphatic carbocycles. The van der Waals surface area contributed by atoms with Gasteiger partial charge >= 0.3 is 5.97 Å². The summed E-state index contributed by atoms with van der Waals surface area (Å²) in [4.78, 5) is 54.4. The minimum atomic E-state index is -1.19. The number of likely N-dealkylation sites (tertiary alicyclic amines) is 2. The van der Waals surface area contributed by atoms with Gasteiger partial charge in [-0.2, -0.15) is 0 Å². The summed E-state index contributed by atoms with van der Waals surface area (Å²) in [7, 11) is 0. The van der Waals surface area contributed by atoms with Gasteiger partial charge in [0, 0.05) is 19.5 Å². The number of hydrogen-bond donors (Lipinski definition) is 4. The van der Waals surface area contributed by atoms with Crippen LogP contribution in [0.3, 0.4) is 0 Å². The number of nitrogens with two attached hydrogens (primary N) is 1. The van der Waals surface area contributed by atoms with E-state index in [2.05, 4.69) is 5.32 Å². The Hall–Kier alpha value is -3.14. The van der Waals surface area contributed by atoms with Crippen molar-refractivity contribution >= 4 is 23.7 Å². The number of nitrogens with zero attached hydrogens (tertiary/aromatic N) is 2. The number of phenols is 1. The molecule has 192 valence electrons. The molecule has 1 aromatic carbocycles. The van der Waals surface area contributed by atoms with Crippen molar-refractivity contribution in [2.24, 2.45) is 11.7 Å². The van der Waals surface area contributed by atoms with E-state index in [0.29, 0.717) is 44.3 Å². The van der Waals surface area contributed by atoms with Gasteiger partial charge in [0.2, 0.25) is 17.7 Å². The van der Waals surface area contributed by atoms with E-state index in [4.69, 9.17) is 5.73 Å². The second kappa shape index (κ2) is 11.5. The van der Waals surface area contributed by atoms with Crippen molar-refractivity contribution < 1.29 is 29.4 Å². The molecule has 0 spiro atoms. The molecule has 0 aromatic heterocycles. The number of carboxylic acids is 1. The van der Waals surface area contributed by atoms with Crippen LogP contribution in [0.15, 0.2) is 24.3 Å². The van der Waals surface area contributed by atoms with Crippen LogP contribution >= 0.6 is 0 Å². The van der Waals surface area contributed by atoms with Crippen LogP contribution in [0.4, 0.5) is 0 Å². The Labute approximate surface area is 205 Å². The van der Waals surface area contributed by atoms with Crippen LogP contribution in [0.1, 0.15) is 51.5 Å². The van der Waals surface area contributed by atoms with E-state index < -0.39 is 36.0 Å². The summed E-state index contributed by atoms with van der Waals surface area (Å²) in [6.45, 7) is 4.71. The molecule has 0 bridgehead atoms. The summed E-state index contributed by atoms with van der Waals surface area (Å²) >= 11 is 0. The van der Waals surface area contributed by atoms with Gasteiger partial charge in [0.1, 0.15) is 23.9 Å². The zero-order valence-corrected chi connectivity index (χ0v) is 20.4. The fourth-order valence-corrected chi connectivity index (χ4v) is 4.81. The number of benzene rings is 1. The van der Waals surface area contributed by atoms with Crippen molar-refractivity contribution in [3.63, 3.8) is 0 Å². The van der Waals surface area contributed by atoms with Gasteiger partial charge in [0.25, 0.3) is 0 Å². The summed E-state index contributed by atoms with van der Waals surface area (Å²) in [6, 6.07) is 2.80. The highest BCUT2D eigenvalue weighted by molar-refractivity contribution is 5.95. The average Bonchev–Trinajstić information content (AvgIpc) is 3.53. The lowest BCUT2D eigenvalue weighted by Gasteiger charge is -2.33. The van der Waals surface area contributed by atoms with Crippen LogP contribution in [0, 0.1) is 5.92 Å². The van der Waals surface area contributed by atoms with Crippen molar-refractivity contribution in [2.45, 2.75) is 76.5 Å². The van der Waals surface area contributed by atoms with E-state index in [9.17, 15) is 29.4 Å². The Morgan fingerprint density at radius 3 is 2.26 bits per heavy atom. The normalized spacial score (nSPS) is 22.5. The maximum absolute atomic E-state index is 13.5. The molecule has 2 aliphatic heterocycles. The Morgan fingerprint density at radius 2 is 1.66 bits per heavy atom. The van der Waals surface area contributed by atoms with Gasteiger partial charge in [-0.05, 0) is 49.3 Å². The number of carbonyl (C=O) groups is 4. The van der Waals surface area contributed by atoms with Gasteiger partial charge in [0.15, 0.2) is 0 Å². The van der Waals surface area contributed by atoms with Crippen LogP contribution in [-0.4, -0.2) is 81.0 Å². The molecule has 10 heteroatoms. The molecule has 5 unspecified atom stereocenters. The highest BCUT2D eigenvalue weighted by Crippen LogP contribution is 2.26. The quantitative estimate of drug-likeness (QED) is 0.402. The predicted octanol–water partition coefficient (Wildman–Crippen LogP) is 0.860. The van der Waals surface area contributed by atoms with Crippen molar-refractivity contribution in [1.82, 2.24) is 15.1 Å². The summed E-state index contributed by atoms with van der Waals surface area (Å²) < 4.78 is 0. The second-order valence-electron chi connectivity index (χ2n) is 9.56. The van der Waals surface area contributed by atoms with Crippen LogP contribution in [0.25, 0.3) is 0 Å². The topological polar surface area (TPSA) is 153 Å². The average molecular weight is 489 g/mol. The molecule has 3 rings (SSSR count). The van der Waals surface area contributed by atoms with Crippen molar-refractivity contribution in [2.75, 3.05) is 13.1 Å². The third kappa shape index (κ3) is 6.11. The molecule has 0 saturated carbocycles. The molecule has 5 atom stereocenters. The molecule has 10 nitrogen and oxygen atoms in total. The lowest BCUT2D eigenvalue weighted by Crippen LogP contribution is -2.57. The number of aliphatic carboxylic acids is 1. The zero-order valence-electron chi connectivity index (χ0n) is 20.4. The Kier molecular flexibility index (Phi) is 8.71. The fourth-order valence-electron chi connectivity index (χ4n) is 4.81. The van der Waals surface area contributed by atoms with Crippen molar-refractivity contribution in [1.29, 1.82) is 0 Å². The molecule has 1 aromatic rings. The SMILES string of the molecule is CCC(C)C(N)C(=O)N1CCCC1C(=O)N1CCCC1C(=O)NC(Cc1ccc(O)cc1)C(=O)O. The highest BCUT2D eigenvalue weighted by Gasteiger charge is 2.43. The molecule has 5 N–H and O–H groups in total. The summed E-state index contributed by atoms with van der Waals surface area (Å²) in [6.07, 6.45) is 3.04.